The molecule has 21 heavy (non-hydrogen) atoms. The zero-order valence-corrected chi connectivity index (χ0v) is 13.1. The number of anilines is 1. The van der Waals surface area contributed by atoms with Crippen LogP contribution < -0.4 is 5.73 Å². The van der Waals surface area contributed by atoms with Crippen LogP contribution in [0, 0.1) is 11.3 Å². The molecule has 1 aromatic heterocycles. The summed E-state index contributed by atoms with van der Waals surface area (Å²) in [5.41, 5.74) is 5.85. The van der Waals surface area contributed by atoms with Crippen molar-refractivity contribution in [1.29, 1.82) is 0 Å². The van der Waals surface area contributed by atoms with Crippen LogP contribution in [0.3, 0.4) is 0 Å². The number of likely N-dealkylation sites (tertiary alicyclic amines) is 1. The monoisotopic (exact) mass is 290 g/mol. The van der Waals surface area contributed by atoms with Gasteiger partial charge in [-0.2, -0.15) is 5.10 Å². The Balaban J connectivity index is 1.59. The molecule has 5 nitrogen and oxygen atoms in total. The number of carbonyl (C=O) groups is 1. The molecular weight excluding hydrogens is 264 g/mol. The summed E-state index contributed by atoms with van der Waals surface area (Å²) in [6.45, 7) is 6.16. The Morgan fingerprint density at radius 1 is 1.33 bits per heavy atom. The van der Waals surface area contributed by atoms with Gasteiger partial charge in [-0.1, -0.05) is 20.3 Å². The normalized spacial score (nSPS) is 26.2. The van der Waals surface area contributed by atoms with Gasteiger partial charge in [-0.25, -0.2) is 0 Å². The van der Waals surface area contributed by atoms with Gasteiger partial charge in [0, 0.05) is 25.2 Å². The lowest BCUT2D eigenvalue weighted by molar-refractivity contribution is -0.139. The molecule has 1 atom stereocenters. The van der Waals surface area contributed by atoms with Crippen molar-refractivity contribution in [2.24, 2.45) is 11.3 Å². The summed E-state index contributed by atoms with van der Waals surface area (Å²) in [6, 6.07) is 2.21. The minimum absolute atomic E-state index is 0.171. The lowest BCUT2D eigenvalue weighted by atomic mass is 9.81. The highest BCUT2D eigenvalue weighted by Gasteiger charge is 2.41. The van der Waals surface area contributed by atoms with Crippen LogP contribution in [0.5, 0.6) is 0 Å². The van der Waals surface area contributed by atoms with E-state index in [2.05, 4.69) is 23.8 Å². The van der Waals surface area contributed by atoms with Crippen molar-refractivity contribution in [2.75, 3.05) is 18.8 Å². The maximum absolute atomic E-state index is 12.7. The first-order valence-corrected chi connectivity index (χ1v) is 8.07. The molecule has 3 rings (SSSR count). The van der Waals surface area contributed by atoms with Crippen molar-refractivity contribution in [3.63, 3.8) is 0 Å². The fourth-order valence-corrected chi connectivity index (χ4v) is 3.91. The molecule has 0 radical (unpaired) electrons. The Kier molecular flexibility index (Phi) is 3.68. The molecule has 2 N–H and O–H groups in total. The van der Waals surface area contributed by atoms with Crippen LogP contribution in [0.4, 0.5) is 5.82 Å². The molecule has 1 aromatic rings. The number of nitrogens with zero attached hydrogens (tertiary/aromatic N) is 3. The standard InChI is InChI=1S/C16H26N4O/c1-16(2)8-3-4-13(16)15(21)19-9-5-12(6-10-19)20-11-7-14(17)18-20/h7,11-13H,3-6,8-10H2,1-2H3,(H2,17,18). The number of nitrogen functional groups attached to an aromatic ring is 1. The molecule has 116 valence electrons. The number of piperidine rings is 1. The average Bonchev–Trinajstić information content (AvgIpc) is 3.04. The van der Waals surface area contributed by atoms with Gasteiger partial charge in [0.05, 0.1) is 6.04 Å². The third-order valence-electron chi connectivity index (χ3n) is 5.33. The molecule has 1 aliphatic carbocycles. The van der Waals surface area contributed by atoms with Gasteiger partial charge in [0.1, 0.15) is 5.82 Å². The number of aromatic nitrogens is 2. The van der Waals surface area contributed by atoms with Crippen LogP contribution >= 0.6 is 0 Å². The molecule has 1 saturated heterocycles. The van der Waals surface area contributed by atoms with E-state index in [4.69, 9.17) is 5.73 Å². The van der Waals surface area contributed by atoms with E-state index < -0.39 is 0 Å². The summed E-state index contributed by atoms with van der Waals surface area (Å²) in [5, 5.41) is 4.30. The second-order valence-electron chi connectivity index (χ2n) is 7.21. The van der Waals surface area contributed by atoms with Gasteiger partial charge in [-0.15, -0.1) is 0 Å². The second kappa shape index (κ2) is 5.35. The number of carbonyl (C=O) groups excluding carboxylic acids is 1. The third-order valence-corrected chi connectivity index (χ3v) is 5.33. The van der Waals surface area contributed by atoms with Gasteiger partial charge in [0.2, 0.25) is 5.91 Å². The first-order valence-electron chi connectivity index (χ1n) is 8.07. The van der Waals surface area contributed by atoms with Gasteiger partial charge < -0.3 is 10.6 Å². The fraction of sp³-hybridized carbons (Fsp3) is 0.750. The number of hydrogen-bond acceptors (Lipinski definition) is 3. The molecule has 2 fully saturated rings. The van der Waals surface area contributed by atoms with E-state index in [0.29, 0.717) is 17.8 Å². The predicted molar refractivity (Wildman–Crippen MR) is 82.6 cm³/mol. The summed E-state index contributed by atoms with van der Waals surface area (Å²) in [6.07, 6.45) is 7.30. The van der Waals surface area contributed by atoms with E-state index in [1.165, 1.54) is 12.8 Å². The van der Waals surface area contributed by atoms with E-state index in [9.17, 15) is 4.79 Å². The summed E-state index contributed by atoms with van der Waals surface area (Å²) < 4.78 is 1.96. The number of rotatable bonds is 2. The Hall–Kier alpha value is -1.52. The quantitative estimate of drug-likeness (QED) is 0.910. The van der Waals surface area contributed by atoms with Crippen LogP contribution in [-0.2, 0) is 4.79 Å². The van der Waals surface area contributed by atoms with Gasteiger partial charge in [0.15, 0.2) is 0 Å². The molecule has 2 aliphatic rings. The van der Waals surface area contributed by atoms with E-state index in [1.54, 1.807) is 0 Å². The Morgan fingerprint density at radius 3 is 2.57 bits per heavy atom. The van der Waals surface area contributed by atoms with E-state index in [0.717, 1.165) is 32.4 Å². The molecule has 0 aromatic carbocycles. The van der Waals surface area contributed by atoms with Crippen molar-refractivity contribution < 1.29 is 4.79 Å². The lowest BCUT2D eigenvalue weighted by Crippen LogP contribution is -2.44. The third kappa shape index (κ3) is 2.78. The van der Waals surface area contributed by atoms with Crippen LogP contribution in [0.2, 0.25) is 0 Å². The largest absolute Gasteiger partial charge is 0.382 e. The number of amides is 1. The molecule has 1 amide bonds. The SMILES string of the molecule is CC1(C)CCCC1C(=O)N1CCC(n2ccc(N)n2)CC1. The molecule has 0 spiro atoms. The van der Waals surface area contributed by atoms with Crippen LogP contribution in [0.1, 0.15) is 52.0 Å². The molecule has 1 unspecified atom stereocenters. The molecule has 2 heterocycles. The van der Waals surface area contributed by atoms with Crippen molar-refractivity contribution in [1.82, 2.24) is 14.7 Å². The lowest BCUT2D eigenvalue weighted by Gasteiger charge is -2.36. The molecule has 5 heteroatoms. The van der Waals surface area contributed by atoms with Crippen molar-refractivity contribution in [3.8, 4) is 0 Å². The van der Waals surface area contributed by atoms with Gasteiger partial charge in [-0.3, -0.25) is 9.48 Å². The minimum atomic E-state index is 0.171. The smallest absolute Gasteiger partial charge is 0.226 e. The maximum atomic E-state index is 12.7. The van der Waals surface area contributed by atoms with E-state index in [-0.39, 0.29) is 11.3 Å². The summed E-state index contributed by atoms with van der Waals surface area (Å²) in [7, 11) is 0. The Bertz CT molecular complexity index is 514. The van der Waals surface area contributed by atoms with Gasteiger partial charge >= 0.3 is 0 Å². The van der Waals surface area contributed by atoms with Gasteiger partial charge in [0.25, 0.3) is 0 Å². The van der Waals surface area contributed by atoms with Crippen molar-refractivity contribution in [3.05, 3.63) is 12.3 Å². The summed E-state index contributed by atoms with van der Waals surface area (Å²) >= 11 is 0. The minimum Gasteiger partial charge on any atom is -0.382 e. The number of hydrogen-bond donors (Lipinski definition) is 1. The highest BCUT2D eigenvalue weighted by molar-refractivity contribution is 5.80. The highest BCUT2D eigenvalue weighted by atomic mass is 16.2. The van der Waals surface area contributed by atoms with Crippen LogP contribution in [0.25, 0.3) is 0 Å². The van der Waals surface area contributed by atoms with E-state index >= 15 is 0 Å². The van der Waals surface area contributed by atoms with Gasteiger partial charge in [-0.05, 0) is 37.2 Å². The van der Waals surface area contributed by atoms with Crippen molar-refractivity contribution >= 4 is 11.7 Å². The predicted octanol–water partition coefficient (Wildman–Crippen LogP) is 2.46. The zero-order chi connectivity index (χ0) is 15.0. The topological polar surface area (TPSA) is 64.2 Å². The van der Waals surface area contributed by atoms with Crippen molar-refractivity contribution in [2.45, 2.75) is 52.0 Å². The Morgan fingerprint density at radius 2 is 2.05 bits per heavy atom. The molecule has 1 saturated carbocycles. The summed E-state index contributed by atoms with van der Waals surface area (Å²) in [4.78, 5) is 14.8. The number of nitrogens with two attached hydrogens (primary N) is 1. The van der Waals surface area contributed by atoms with Crippen LogP contribution in [0.15, 0.2) is 12.3 Å². The fourth-order valence-electron chi connectivity index (χ4n) is 3.91. The maximum Gasteiger partial charge on any atom is 0.226 e. The first-order chi connectivity index (χ1) is 9.97. The zero-order valence-electron chi connectivity index (χ0n) is 13.1. The second-order valence-corrected chi connectivity index (χ2v) is 7.21. The summed E-state index contributed by atoms with van der Waals surface area (Å²) in [5.74, 6) is 1.16. The average molecular weight is 290 g/mol. The molecule has 0 bridgehead atoms. The highest BCUT2D eigenvalue weighted by Crippen LogP contribution is 2.43. The molecule has 1 aliphatic heterocycles. The Labute approximate surface area is 126 Å². The molecular formula is C16H26N4O. The van der Waals surface area contributed by atoms with E-state index in [1.807, 2.05) is 16.9 Å². The van der Waals surface area contributed by atoms with Crippen LogP contribution in [-0.4, -0.2) is 33.7 Å². The first kappa shape index (κ1) is 14.4.